The van der Waals surface area contributed by atoms with E-state index in [1.54, 1.807) is 59.5 Å². The third-order valence-corrected chi connectivity index (χ3v) is 11.2. The zero-order valence-electron chi connectivity index (χ0n) is 26.9. The van der Waals surface area contributed by atoms with E-state index in [2.05, 4.69) is 20.6 Å². The van der Waals surface area contributed by atoms with Gasteiger partial charge in [0.2, 0.25) is 15.9 Å². The summed E-state index contributed by atoms with van der Waals surface area (Å²) in [5.41, 5.74) is 4.41. The number of amides is 1. The molecule has 3 heterocycles. The van der Waals surface area contributed by atoms with E-state index in [0.717, 1.165) is 27.7 Å². The van der Waals surface area contributed by atoms with Crippen LogP contribution in [0, 0.1) is 12.3 Å². The molecule has 0 aliphatic carbocycles. The third-order valence-electron chi connectivity index (χ3n) is 8.99. The summed E-state index contributed by atoms with van der Waals surface area (Å²) >= 11 is 6.81. The first-order chi connectivity index (χ1) is 22.4. The number of aromatic nitrogens is 4. The van der Waals surface area contributed by atoms with E-state index in [4.69, 9.17) is 16.3 Å². The van der Waals surface area contributed by atoms with Crippen LogP contribution < -0.4 is 10.1 Å². The van der Waals surface area contributed by atoms with Gasteiger partial charge in [-0.3, -0.25) is 9.78 Å². The van der Waals surface area contributed by atoms with Gasteiger partial charge in [0.25, 0.3) is 0 Å². The number of carbonyl (C=O) groups is 1. The normalized spacial score (nSPS) is 17.0. The van der Waals surface area contributed by atoms with Crippen molar-refractivity contribution in [2.75, 3.05) is 11.9 Å². The number of aryl methyl sites for hydroxylation is 2. The van der Waals surface area contributed by atoms with E-state index in [-0.39, 0.29) is 30.0 Å². The highest BCUT2D eigenvalue weighted by Gasteiger charge is 2.41. The van der Waals surface area contributed by atoms with Crippen molar-refractivity contribution >= 4 is 44.3 Å². The SMILES string of the molecule is CC[C@@H]1CN(Cc2cc(C(c3ccc4c(nnn4C)c3C)C(C)(C)C(=O)Nc3cccnc3)ccc2Cl)S(=O)(=O)c2ccccc2O1. The number of hydrogen-bond acceptors (Lipinski definition) is 7. The smallest absolute Gasteiger partial charge is 0.247 e. The van der Waals surface area contributed by atoms with E-state index < -0.39 is 21.4 Å². The number of pyridine rings is 1. The van der Waals surface area contributed by atoms with Gasteiger partial charge in [-0.15, -0.1) is 5.10 Å². The fraction of sp³-hybridized carbons (Fsp3) is 0.314. The third kappa shape index (κ3) is 6.10. The number of para-hydroxylation sites is 1. The van der Waals surface area contributed by atoms with Crippen LogP contribution in [0.4, 0.5) is 5.69 Å². The molecule has 0 bridgehead atoms. The summed E-state index contributed by atoms with van der Waals surface area (Å²) in [6.45, 7) is 7.95. The summed E-state index contributed by atoms with van der Waals surface area (Å²) in [5, 5.41) is 12.1. The molecule has 0 fully saturated rings. The van der Waals surface area contributed by atoms with Crippen LogP contribution in [0.1, 0.15) is 55.4 Å². The first-order valence-corrected chi connectivity index (χ1v) is 17.3. The van der Waals surface area contributed by atoms with Gasteiger partial charge in [-0.05, 0) is 72.0 Å². The summed E-state index contributed by atoms with van der Waals surface area (Å²) in [6.07, 6.45) is 3.55. The van der Waals surface area contributed by atoms with Crippen LogP contribution >= 0.6 is 11.6 Å². The lowest BCUT2D eigenvalue weighted by molar-refractivity contribution is -0.124. The van der Waals surface area contributed by atoms with Crippen LogP contribution in [0.25, 0.3) is 11.0 Å². The summed E-state index contributed by atoms with van der Waals surface area (Å²) in [7, 11) is -2.07. The largest absolute Gasteiger partial charge is 0.488 e. The van der Waals surface area contributed by atoms with E-state index in [0.29, 0.717) is 28.4 Å². The Hall–Kier alpha value is -4.32. The molecule has 0 saturated heterocycles. The average Bonchev–Trinajstić information content (AvgIpc) is 3.39. The first-order valence-electron chi connectivity index (χ1n) is 15.5. The standard InChI is InChI=1S/C35H37ClN6O4S/c1-6-26-21-42(47(44,45)31-12-8-7-11-30(31)46-26)20-24-18-23(13-15-28(24)36)32(27-14-16-29-33(22(27)2)39-40-41(29)5)35(3,4)34(43)38-25-10-9-17-37-19-25/h7-19,26,32H,6,20-21H2,1-5H3,(H,38,43)/t26-,32?/m1/s1. The minimum atomic E-state index is -3.91. The van der Waals surface area contributed by atoms with Gasteiger partial charge < -0.3 is 10.1 Å². The Morgan fingerprint density at radius 3 is 2.66 bits per heavy atom. The van der Waals surface area contributed by atoms with Gasteiger partial charge in [0.1, 0.15) is 22.3 Å². The number of carbonyl (C=O) groups excluding carboxylic acids is 1. The fourth-order valence-corrected chi connectivity index (χ4v) is 8.04. The van der Waals surface area contributed by atoms with Crippen molar-refractivity contribution in [3.05, 3.63) is 106 Å². The maximum Gasteiger partial charge on any atom is 0.247 e. The zero-order valence-corrected chi connectivity index (χ0v) is 28.5. The van der Waals surface area contributed by atoms with Gasteiger partial charge in [-0.2, -0.15) is 4.31 Å². The molecule has 0 spiro atoms. The van der Waals surface area contributed by atoms with Gasteiger partial charge in [0.05, 0.1) is 29.4 Å². The van der Waals surface area contributed by atoms with Crippen LogP contribution in [0.5, 0.6) is 5.75 Å². The highest BCUT2D eigenvalue weighted by Crippen LogP contribution is 2.45. The molecule has 1 aliphatic heterocycles. The van der Waals surface area contributed by atoms with Crippen molar-refractivity contribution in [2.24, 2.45) is 12.5 Å². The lowest BCUT2D eigenvalue weighted by Gasteiger charge is -2.35. The highest BCUT2D eigenvalue weighted by molar-refractivity contribution is 7.89. The maximum atomic E-state index is 14.1. The Morgan fingerprint density at radius 2 is 1.91 bits per heavy atom. The molecule has 244 valence electrons. The molecule has 1 aliphatic rings. The molecule has 12 heteroatoms. The van der Waals surface area contributed by atoms with Gasteiger partial charge in [0, 0.05) is 30.7 Å². The van der Waals surface area contributed by atoms with E-state index >= 15 is 0 Å². The van der Waals surface area contributed by atoms with Crippen LogP contribution in [-0.2, 0) is 28.4 Å². The monoisotopic (exact) mass is 672 g/mol. The van der Waals surface area contributed by atoms with Crippen LogP contribution in [0.3, 0.4) is 0 Å². The molecule has 2 aromatic heterocycles. The molecule has 0 radical (unpaired) electrons. The number of rotatable bonds is 8. The zero-order chi connectivity index (χ0) is 33.5. The average molecular weight is 673 g/mol. The van der Waals surface area contributed by atoms with Gasteiger partial charge in [-0.1, -0.05) is 67.9 Å². The maximum absolute atomic E-state index is 14.1. The molecule has 10 nitrogen and oxygen atoms in total. The second-order valence-corrected chi connectivity index (χ2v) is 14.8. The van der Waals surface area contributed by atoms with Crippen molar-refractivity contribution < 1.29 is 17.9 Å². The van der Waals surface area contributed by atoms with Crippen molar-refractivity contribution in [1.29, 1.82) is 0 Å². The molecule has 0 saturated carbocycles. The predicted molar refractivity (Wildman–Crippen MR) is 182 cm³/mol. The molecular weight excluding hydrogens is 636 g/mol. The summed E-state index contributed by atoms with van der Waals surface area (Å²) in [6, 6.07) is 19.8. The van der Waals surface area contributed by atoms with Gasteiger partial charge in [-0.25, -0.2) is 13.1 Å². The Bertz CT molecular complexity index is 2070. The number of nitrogens with one attached hydrogen (secondary N) is 1. The van der Waals surface area contributed by atoms with Gasteiger partial charge >= 0.3 is 0 Å². The number of ether oxygens (including phenoxy) is 1. The number of anilines is 1. The Balaban J connectivity index is 1.45. The summed E-state index contributed by atoms with van der Waals surface area (Å²) < 4.78 is 37.2. The number of hydrogen-bond donors (Lipinski definition) is 1. The van der Waals surface area contributed by atoms with E-state index in [9.17, 15) is 13.2 Å². The first kappa shape index (κ1) is 32.6. The minimum Gasteiger partial charge on any atom is -0.488 e. The molecule has 6 rings (SSSR count). The highest BCUT2D eigenvalue weighted by atomic mass is 35.5. The number of nitrogens with zero attached hydrogens (tertiary/aromatic N) is 5. The Kier molecular flexibility index (Phi) is 8.82. The molecular formula is C35H37ClN6O4S. The van der Waals surface area contributed by atoms with E-state index in [1.807, 2.05) is 59.0 Å². The van der Waals surface area contributed by atoms with Crippen LogP contribution in [-0.4, -0.2) is 51.3 Å². The lowest BCUT2D eigenvalue weighted by Crippen LogP contribution is -2.38. The quantitative estimate of drug-likeness (QED) is 0.200. The molecule has 1 N–H and O–H groups in total. The number of halogens is 1. The fourth-order valence-electron chi connectivity index (χ4n) is 6.30. The lowest BCUT2D eigenvalue weighted by atomic mass is 9.69. The van der Waals surface area contributed by atoms with Crippen molar-refractivity contribution in [3.8, 4) is 5.75 Å². The topological polar surface area (TPSA) is 119 Å². The molecule has 5 aromatic rings. The van der Waals surface area contributed by atoms with E-state index in [1.165, 1.54) is 4.31 Å². The minimum absolute atomic E-state index is 0.0282. The summed E-state index contributed by atoms with van der Waals surface area (Å²) in [4.78, 5) is 18.4. The van der Waals surface area contributed by atoms with Crippen LogP contribution in [0.15, 0.2) is 84.0 Å². The second-order valence-electron chi connectivity index (χ2n) is 12.5. The predicted octanol–water partition coefficient (Wildman–Crippen LogP) is 6.48. The van der Waals surface area contributed by atoms with Crippen molar-refractivity contribution in [2.45, 2.75) is 57.6 Å². The molecule has 47 heavy (non-hydrogen) atoms. The van der Waals surface area contributed by atoms with Crippen LogP contribution in [0.2, 0.25) is 5.02 Å². The number of benzene rings is 3. The molecule has 3 aromatic carbocycles. The Labute approximate surface area is 279 Å². The number of sulfonamides is 1. The number of fused-ring (bicyclic) bond motifs is 2. The van der Waals surface area contributed by atoms with Crippen molar-refractivity contribution in [3.63, 3.8) is 0 Å². The summed E-state index contributed by atoms with van der Waals surface area (Å²) in [5.74, 6) is -0.340. The van der Waals surface area contributed by atoms with Crippen molar-refractivity contribution in [1.82, 2.24) is 24.3 Å². The molecule has 2 atom stereocenters. The molecule has 1 amide bonds. The molecule has 1 unspecified atom stereocenters. The Morgan fingerprint density at radius 1 is 1.13 bits per heavy atom. The second kappa shape index (κ2) is 12.7. The van der Waals surface area contributed by atoms with Gasteiger partial charge in [0.15, 0.2) is 0 Å².